The lowest BCUT2D eigenvalue weighted by molar-refractivity contribution is 0.560. The molecule has 1 heterocycles. The molecule has 2 rings (SSSR count). The summed E-state index contributed by atoms with van der Waals surface area (Å²) in [6, 6.07) is 2.13. The van der Waals surface area contributed by atoms with Gasteiger partial charge in [-0.3, -0.25) is 0 Å². The van der Waals surface area contributed by atoms with Gasteiger partial charge in [-0.15, -0.1) is 10.2 Å². The highest BCUT2D eigenvalue weighted by atomic mass is 35.5. The third kappa shape index (κ3) is 2.89. The summed E-state index contributed by atoms with van der Waals surface area (Å²) in [5.74, 6) is 0.243. The Balaban J connectivity index is 2.31. The van der Waals surface area contributed by atoms with E-state index >= 15 is 0 Å². The number of aryl methyl sites for hydroxylation is 1. The summed E-state index contributed by atoms with van der Waals surface area (Å²) in [4.78, 5) is 0.0345. The Morgan fingerprint density at radius 3 is 2.70 bits per heavy atom. The minimum absolute atomic E-state index is 0.0345. The van der Waals surface area contributed by atoms with Crippen LogP contribution in [0.2, 0.25) is 5.02 Å². The summed E-state index contributed by atoms with van der Waals surface area (Å²) in [6.07, 6.45) is 0. The molecule has 10 heteroatoms. The first kappa shape index (κ1) is 14.7. The van der Waals surface area contributed by atoms with Crippen LogP contribution in [-0.2, 0) is 10.0 Å². The van der Waals surface area contributed by atoms with Crippen LogP contribution in [0.4, 0.5) is 5.69 Å². The maximum absolute atomic E-state index is 12.3. The maximum atomic E-state index is 12.3. The van der Waals surface area contributed by atoms with Crippen LogP contribution in [0.5, 0.6) is 0 Å². The van der Waals surface area contributed by atoms with E-state index in [1.165, 1.54) is 12.1 Å². The molecule has 108 valence electrons. The zero-order valence-corrected chi connectivity index (χ0v) is 12.3. The van der Waals surface area contributed by atoms with Gasteiger partial charge in [0.2, 0.25) is 10.0 Å². The molecule has 0 saturated carbocycles. The summed E-state index contributed by atoms with van der Waals surface area (Å²) < 4.78 is 27.0. The Labute approximate surface area is 120 Å². The van der Waals surface area contributed by atoms with Crippen LogP contribution in [0.1, 0.15) is 24.4 Å². The van der Waals surface area contributed by atoms with Crippen molar-refractivity contribution in [2.75, 3.05) is 5.73 Å². The average molecular weight is 317 g/mol. The molecule has 2 aromatic rings. The molecule has 1 unspecified atom stereocenters. The molecule has 0 aliphatic rings. The fourth-order valence-electron chi connectivity index (χ4n) is 1.62. The molecule has 8 nitrogen and oxygen atoms in total. The number of aromatic amines is 1. The van der Waals surface area contributed by atoms with Crippen molar-refractivity contribution >= 4 is 27.3 Å². The van der Waals surface area contributed by atoms with Gasteiger partial charge in [-0.1, -0.05) is 16.8 Å². The molecule has 0 spiro atoms. The SMILES string of the molecule is Cc1cc(S(=O)(=O)NC(C)c2nn[nH]n2)cc(N)c1Cl. The van der Waals surface area contributed by atoms with E-state index in [-0.39, 0.29) is 16.4 Å². The van der Waals surface area contributed by atoms with E-state index in [0.717, 1.165) is 0 Å². The molecule has 0 amide bonds. The van der Waals surface area contributed by atoms with Crippen molar-refractivity contribution in [2.24, 2.45) is 0 Å². The molecule has 0 radical (unpaired) electrons. The van der Waals surface area contributed by atoms with Crippen molar-refractivity contribution in [1.29, 1.82) is 0 Å². The molecular formula is C10H13ClN6O2S. The Morgan fingerprint density at radius 2 is 2.15 bits per heavy atom. The third-order valence-corrected chi connectivity index (χ3v) is 4.68. The second-order valence-electron chi connectivity index (χ2n) is 4.26. The van der Waals surface area contributed by atoms with E-state index in [1.807, 2.05) is 0 Å². The van der Waals surface area contributed by atoms with E-state index in [0.29, 0.717) is 10.6 Å². The summed E-state index contributed by atoms with van der Waals surface area (Å²) in [7, 11) is -3.76. The van der Waals surface area contributed by atoms with Crippen LogP contribution in [0.3, 0.4) is 0 Å². The first-order valence-electron chi connectivity index (χ1n) is 5.62. The quantitative estimate of drug-likeness (QED) is 0.715. The Hall–Kier alpha value is -1.71. The van der Waals surface area contributed by atoms with Crippen molar-refractivity contribution in [3.05, 3.63) is 28.5 Å². The van der Waals surface area contributed by atoms with Gasteiger partial charge < -0.3 is 5.73 Å². The minimum atomic E-state index is -3.76. The highest BCUT2D eigenvalue weighted by Crippen LogP contribution is 2.27. The van der Waals surface area contributed by atoms with Crippen LogP contribution in [0.25, 0.3) is 0 Å². The van der Waals surface area contributed by atoms with Crippen molar-refractivity contribution < 1.29 is 8.42 Å². The van der Waals surface area contributed by atoms with Gasteiger partial charge in [0.15, 0.2) is 5.82 Å². The number of nitrogens with two attached hydrogens (primary N) is 1. The lowest BCUT2D eigenvalue weighted by Gasteiger charge is -2.12. The zero-order chi connectivity index (χ0) is 14.9. The predicted octanol–water partition coefficient (Wildman–Crippen LogP) is 0.783. The number of nitrogen functional groups attached to an aromatic ring is 1. The van der Waals surface area contributed by atoms with Crippen LogP contribution in [0, 0.1) is 6.92 Å². The predicted molar refractivity (Wildman–Crippen MR) is 73.5 cm³/mol. The Kier molecular flexibility index (Phi) is 3.93. The smallest absolute Gasteiger partial charge is 0.241 e. The van der Waals surface area contributed by atoms with Crippen LogP contribution >= 0.6 is 11.6 Å². The summed E-state index contributed by atoms with van der Waals surface area (Å²) in [5, 5.41) is 13.4. The molecule has 0 aliphatic heterocycles. The van der Waals surface area contributed by atoms with Crippen LogP contribution in [0.15, 0.2) is 17.0 Å². The number of H-pyrrole nitrogens is 1. The number of rotatable bonds is 4. The summed E-state index contributed by atoms with van der Waals surface area (Å²) in [5.41, 5.74) is 6.47. The minimum Gasteiger partial charge on any atom is -0.397 e. The number of halogens is 1. The third-order valence-electron chi connectivity index (χ3n) is 2.65. The van der Waals surface area contributed by atoms with Gasteiger partial charge in [-0.05, 0) is 31.5 Å². The highest BCUT2D eigenvalue weighted by molar-refractivity contribution is 7.89. The fourth-order valence-corrected chi connectivity index (χ4v) is 3.05. The van der Waals surface area contributed by atoms with Gasteiger partial charge in [0.1, 0.15) is 0 Å². The number of benzene rings is 1. The largest absolute Gasteiger partial charge is 0.397 e. The lowest BCUT2D eigenvalue weighted by Crippen LogP contribution is -2.27. The molecule has 0 fully saturated rings. The number of sulfonamides is 1. The Morgan fingerprint density at radius 1 is 1.45 bits per heavy atom. The fraction of sp³-hybridized carbons (Fsp3) is 0.300. The number of hydrogen-bond donors (Lipinski definition) is 3. The van der Waals surface area contributed by atoms with E-state index in [2.05, 4.69) is 25.3 Å². The maximum Gasteiger partial charge on any atom is 0.241 e. The molecule has 4 N–H and O–H groups in total. The molecule has 20 heavy (non-hydrogen) atoms. The molecule has 1 aromatic carbocycles. The molecule has 0 aliphatic carbocycles. The zero-order valence-electron chi connectivity index (χ0n) is 10.8. The molecule has 0 saturated heterocycles. The average Bonchev–Trinajstić information content (AvgIpc) is 2.88. The van der Waals surface area contributed by atoms with Crippen molar-refractivity contribution in [2.45, 2.75) is 24.8 Å². The lowest BCUT2D eigenvalue weighted by atomic mass is 10.2. The van der Waals surface area contributed by atoms with Gasteiger partial charge in [-0.25, -0.2) is 13.1 Å². The second kappa shape index (κ2) is 5.35. The van der Waals surface area contributed by atoms with Crippen molar-refractivity contribution in [3.8, 4) is 0 Å². The van der Waals surface area contributed by atoms with E-state index in [1.54, 1.807) is 13.8 Å². The normalized spacial score (nSPS) is 13.3. The molecule has 1 atom stereocenters. The van der Waals surface area contributed by atoms with Crippen molar-refractivity contribution in [3.63, 3.8) is 0 Å². The number of tetrazole rings is 1. The topological polar surface area (TPSA) is 127 Å². The molecular weight excluding hydrogens is 304 g/mol. The second-order valence-corrected chi connectivity index (χ2v) is 6.35. The van der Waals surface area contributed by atoms with Gasteiger partial charge >= 0.3 is 0 Å². The standard InChI is InChI=1S/C10H13ClN6O2S/c1-5-3-7(4-8(12)9(5)11)20(18,19)15-6(2)10-13-16-17-14-10/h3-4,6,15H,12H2,1-2H3,(H,13,14,16,17). The van der Waals surface area contributed by atoms with Gasteiger partial charge in [0, 0.05) is 0 Å². The first-order valence-corrected chi connectivity index (χ1v) is 7.48. The highest BCUT2D eigenvalue weighted by Gasteiger charge is 2.22. The number of aromatic nitrogens is 4. The monoisotopic (exact) mass is 316 g/mol. The number of anilines is 1. The van der Waals surface area contributed by atoms with Gasteiger partial charge in [0.05, 0.1) is 21.6 Å². The van der Waals surface area contributed by atoms with E-state index < -0.39 is 16.1 Å². The summed E-state index contributed by atoms with van der Waals surface area (Å²) >= 11 is 5.91. The summed E-state index contributed by atoms with van der Waals surface area (Å²) in [6.45, 7) is 3.29. The van der Waals surface area contributed by atoms with Crippen molar-refractivity contribution in [1.82, 2.24) is 25.3 Å². The molecule has 1 aromatic heterocycles. The van der Waals surface area contributed by atoms with Crippen LogP contribution < -0.4 is 10.5 Å². The first-order chi connectivity index (χ1) is 9.31. The van der Waals surface area contributed by atoms with Crippen LogP contribution in [-0.4, -0.2) is 29.0 Å². The van der Waals surface area contributed by atoms with Gasteiger partial charge in [0.25, 0.3) is 0 Å². The number of hydrogen-bond acceptors (Lipinski definition) is 6. The van der Waals surface area contributed by atoms with E-state index in [9.17, 15) is 8.42 Å². The van der Waals surface area contributed by atoms with Gasteiger partial charge in [-0.2, -0.15) is 5.21 Å². The number of nitrogens with zero attached hydrogens (tertiary/aromatic N) is 3. The Bertz CT molecular complexity index is 692. The van der Waals surface area contributed by atoms with E-state index in [4.69, 9.17) is 17.3 Å². The number of nitrogens with one attached hydrogen (secondary N) is 2. The molecule has 0 bridgehead atoms.